The fraction of sp³-hybridized carbons (Fsp3) is 0.0500. The predicted molar refractivity (Wildman–Crippen MR) is 103 cm³/mol. The SMILES string of the molecule is CC(=O)Nc1cccc(Nc2cncc(C(=O)Nc3ccccc3)c2)c1. The molecule has 0 aliphatic carbocycles. The zero-order valence-electron chi connectivity index (χ0n) is 14.2. The van der Waals surface area contributed by atoms with E-state index in [1.54, 1.807) is 24.4 Å². The first-order chi connectivity index (χ1) is 12.6. The lowest BCUT2D eigenvalue weighted by molar-refractivity contribution is -0.114. The number of carbonyl (C=O) groups excluding carboxylic acids is 2. The van der Waals surface area contributed by atoms with Crippen molar-refractivity contribution in [3.8, 4) is 0 Å². The maximum atomic E-state index is 12.4. The van der Waals surface area contributed by atoms with Crippen molar-refractivity contribution in [1.82, 2.24) is 4.98 Å². The molecule has 0 radical (unpaired) electrons. The Balaban J connectivity index is 1.73. The average molecular weight is 346 g/mol. The zero-order valence-corrected chi connectivity index (χ0v) is 14.2. The van der Waals surface area contributed by atoms with Gasteiger partial charge in [-0.2, -0.15) is 0 Å². The van der Waals surface area contributed by atoms with E-state index in [0.717, 1.165) is 11.4 Å². The Morgan fingerprint density at radius 1 is 0.769 bits per heavy atom. The lowest BCUT2D eigenvalue weighted by atomic mass is 10.2. The third-order valence-corrected chi connectivity index (χ3v) is 3.50. The van der Waals surface area contributed by atoms with E-state index < -0.39 is 0 Å². The monoisotopic (exact) mass is 346 g/mol. The molecule has 1 heterocycles. The van der Waals surface area contributed by atoms with Crippen LogP contribution in [0, 0.1) is 0 Å². The molecule has 0 saturated heterocycles. The van der Waals surface area contributed by atoms with Crippen LogP contribution in [0.2, 0.25) is 0 Å². The van der Waals surface area contributed by atoms with E-state index >= 15 is 0 Å². The molecule has 26 heavy (non-hydrogen) atoms. The number of nitrogens with one attached hydrogen (secondary N) is 3. The van der Waals surface area contributed by atoms with E-state index in [2.05, 4.69) is 20.9 Å². The Morgan fingerprint density at radius 2 is 1.50 bits per heavy atom. The minimum absolute atomic E-state index is 0.136. The van der Waals surface area contributed by atoms with Crippen molar-refractivity contribution in [3.05, 3.63) is 78.6 Å². The highest BCUT2D eigenvalue weighted by atomic mass is 16.2. The molecule has 0 aliphatic rings. The second-order valence-electron chi connectivity index (χ2n) is 5.67. The van der Waals surface area contributed by atoms with Gasteiger partial charge >= 0.3 is 0 Å². The van der Waals surface area contributed by atoms with E-state index in [4.69, 9.17) is 0 Å². The van der Waals surface area contributed by atoms with Crippen LogP contribution in [0.15, 0.2) is 73.1 Å². The van der Waals surface area contributed by atoms with Gasteiger partial charge in [-0.25, -0.2) is 0 Å². The number of nitrogens with zero attached hydrogens (tertiary/aromatic N) is 1. The highest BCUT2D eigenvalue weighted by Crippen LogP contribution is 2.20. The molecule has 0 saturated carbocycles. The van der Waals surface area contributed by atoms with Crippen molar-refractivity contribution in [2.24, 2.45) is 0 Å². The highest BCUT2D eigenvalue weighted by molar-refractivity contribution is 6.04. The van der Waals surface area contributed by atoms with Gasteiger partial charge in [-0.05, 0) is 36.4 Å². The average Bonchev–Trinajstić information content (AvgIpc) is 2.62. The first kappa shape index (κ1) is 17.2. The first-order valence-corrected chi connectivity index (χ1v) is 8.06. The highest BCUT2D eigenvalue weighted by Gasteiger charge is 2.08. The zero-order chi connectivity index (χ0) is 18.4. The molecule has 0 bridgehead atoms. The molecule has 0 fully saturated rings. The van der Waals surface area contributed by atoms with Gasteiger partial charge in [0.2, 0.25) is 5.91 Å². The maximum Gasteiger partial charge on any atom is 0.257 e. The van der Waals surface area contributed by atoms with Crippen molar-refractivity contribution >= 4 is 34.6 Å². The number of pyridine rings is 1. The number of aromatic nitrogens is 1. The van der Waals surface area contributed by atoms with Gasteiger partial charge in [0.1, 0.15) is 0 Å². The summed E-state index contributed by atoms with van der Waals surface area (Å²) in [5.74, 6) is -0.372. The maximum absolute atomic E-state index is 12.4. The van der Waals surface area contributed by atoms with Gasteiger partial charge in [-0.3, -0.25) is 14.6 Å². The smallest absolute Gasteiger partial charge is 0.257 e. The van der Waals surface area contributed by atoms with E-state index in [-0.39, 0.29) is 11.8 Å². The summed E-state index contributed by atoms with van der Waals surface area (Å²) < 4.78 is 0. The first-order valence-electron chi connectivity index (χ1n) is 8.06. The van der Waals surface area contributed by atoms with Crippen LogP contribution < -0.4 is 16.0 Å². The number of anilines is 4. The number of rotatable bonds is 5. The molecular weight excluding hydrogens is 328 g/mol. The van der Waals surface area contributed by atoms with Crippen LogP contribution in [-0.4, -0.2) is 16.8 Å². The van der Waals surface area contributed by atoms with E-state index in [0.29, 0.717) is 16.9 Å². The third-order valence-electron chi connectivity index (χ3n) is 3.50. The minimum Gasteiger partial charge on any atom is -0.354 e. The Kier molecular flexibility index (Phi) is 5.24. The third kappa shape index (κ3) is 4.67. The fourth-order valence-electron chi connectivity index (χ4n) is 2.40. The summed E-state index contributed by atoms with van der Waals surface area (Å²) in [4.78, 5) is 27.7. The lowest BCUT2D eigenvalue weighted by Gasteiger charge is -2.10. The van der Waals surface area contributed by atoms with Gasteiger partial charge in [0.25, 0.3) is 5.91 Å². The van der Waals surface area contributed by atoms with Gasteiger partial charge in [0, 0.05) is 30.2 Å². The molecule has 0 spiro atoms. The number of amides is 2. The Morgan fingerprint density at radius 3 is 2.27 bits per heavy atom. The molecule has 0 atom stereocenters. The van der Waals surface area contributed by atoms with Crippen LogP contribution in [0.1, 0.15) is 17.3 Å². The van der Waals surface area contributed by atoms with Crippen LogP contribution in [0.3, 0.4) is 0 Å². The molecule has 2 aromatic carbocycles. The van der Waals surface area contributed by atoms with E-state index in [1.807, 2.05) is 42.5 Å². The van der Waals surface area contributed by atoms with Gasteiger partial charge < -0.3 is 16.0 Å². The Labute approximate surface area is 151 Å². The van der Waals surface area contributed by atoms with Crippen molar-refractivity contribution in [1.29, 1.82) is 0 Å². The fourth-order valence-corrected chi connectivity index (χ4v) is 2.40. The van der Waals surface area contributed by atoms with Crippen LogP contribution in [0.4, 0.5) is 22.7 Å². The van der Waals surface area contributed by atoms with Crippen molar-refractivity contribution in [3.63, 3.8) is 0 Å². The molecule has 3 aromatic rings. The quantitative estimate of drug-likeness (QED) is 0.651. The second-order valence-corrected chi connectivity index (χ2v) is 5.67. The normalized spacial score (nSPS) is 10.0. The Bertz CT molecular complexity index is 926. The summed E-state index contributed by atoms with van der Waals surface area (Å²) in [6.07, 6.45) is 3.14. The summed E-state index contributed by atoms with van der Waals surface area (Å²) in [7, 11) is 0. The molecule has 0 aliphatic heterocycles. The summed E-state index contributed by atoms with van der Waals surface area (Å²) >= 11 is 0. The number of carbonyl (C=O) groups is 2. The van der Waals surface area contributed by atoms with Crippen LogP contribution in [0.5, 0.6) is 0 Å². The second kappa shape index (κ2) is 7.94. The number of hydrogen-bond donors (Lipinski definition) is 3. The van der Waals surface area contributed by atoms with Crippen LogP contribution in [0.25, 0.3) is 0 Å². The predicted octanol–water partition coefficient (Wildman–Crippen LogP) is 4.04. The molecule has 1 aromatic heterocycles. The van der Waals surface area contributed by atoms with Gasteiger partial charge in [-0.1, -0.05) is 24.3 Å². The van der Waals surface area contributed by atoms with E-state index in [9.17, 15) is 9.59 Å². The van der Waals surface area contributed by atoms with Gasteiger partial charge in [0.15, 0.2) is 0 Å². The largest absolute Gasteiger partial charge is 0.354 e. The van der Waals surface area contributed by atoms with Gasteiger partial charge in [-0.15, -0.1) is 0 Å². The van der Waals surface area contributed by atoms with Crippen molar-refractivity contribution < 1.29 is 9.59 Å². The van der Waals surface area contributed by atoms with Crippen molar-refractivity contribution in [2.45, 2.75) is 6.92 Å². The molecule has 6 heteroatoms. The molecule has 2 amide bonds. The molecular formula is C20H18N4O2. The van der Waals surface area contributed by atoms with E-state index in [1.165, 1.54) is 13.1 Å². The summed E-state index contributed by atoms with van der Waals surface area (Å²) in [6.45, 7) is 1.46. The van der Waals surface area contributed by atoms with Gasteiger partial charge in [0.05, 0.1) is 17.4 Å². The minimum atomic E-state index is -0.237. The van der Waals surface area contributed by atoms with Crippen molar-refractivity contribution in [2.75, 3.05) is 16.0 Å². The topological polar surface area (TPSA) is 83.1 Å². The number of hydrogen-bond acceptors (Lipinski definition) is 4. The molecule has 6 nitrogen and oxygen atoms in total. The van der Waals surface area contributed by atoms with Crippen LogP contribution in [-0.2, 0) is 4.79 Å². The molecule has 3 N–H and O–H groups in total. The molecule has 3 rings (SSSR count). The number of benzene rings is 2. The molecule has 130 valence electrons. The molecule has 0 unspecified atom stereocenters. The summed E-state index contributed by atoms with van der Waals surface area (Å²) in [5, 5.41) is 8.74. The number of para-hydroxylation sites is 1. The standard InChI is InChI=1S/C20H18N4O2/c1-14(25)22-17-8-5-9-18(11-17)23-19-10-15(12-21-13-19)20(26)24-16-6-3-2-4-7-16/h2-13,23H,1H3,(H,22,25)(H,24,26). The van der Waals surface area contributed by atoms with Crippen LogP contribution >= 0.6 is 0 Å². The summed E-state index contributed by atoms with van der Waals surface area (Å²) in [6, 6.07) is 18.2. The lowest BCUT2D eigenvalue weighted by Crippen LogP contribution is -2.12. The Hall–Kier alpha value is -3.67. The summed E-state index contributed by atoms with van der Waals surface area (Å²) in [5.41, 5.74) is 3.30.